The van der Waals surface area contributed by atoms with Crippen LogP contribution < -0.4 is 5.32 Å². The Balaban J connectivity index is 2.09. The minimum Gasteiger partial charge on any atom is -0.380 e. The molecule has 0 fully saturated rings. The highest BCUT2D eigenvalue weighted by molar-refractivity contribution is 5.22. The molecule has 0 aromatic carbocycles. The van der Waals surface area contributed by atoms with Crippen LogP contribution in [0.2, 0.25) is 0 Å². The van der Waals surface area contributed by atoms with Crippen molar-refractivity contribution >= 4 is 0 Å². The molecular formula is C12H21N3O. The maximum absolute atomic E-state index is 5.40. The van der Waals surface area contributed by atoms with Crippen molar-refractivity contribution in [2.75, 3.05) is 19.8 Å². The number of H-pyrrole nitrogens is 1. The Morgan fingerprint density at radius 1 is 1.44 bits per heavy atom. The zero-order valence-electron chi connectivity index (χ0n) is 10.2. The third-order valence-electron chi connectivity index (χ3n) is 2.47. The predicted octanol–water partition coefficient (Wildman–Crippen LogP) is 1.71. The van der Waals surface area contributed by atoms with Crippen LogP contribution in [0.15, 0.2) is 12.7 Å². The normalized spacial score (nSPS) is 10.6. The number of aromatic nitrogens is 2. The molecule has 0 aliphatic carbocycles. The Kier molecular flexibility index (Phi) is 5.82. The SMILES string of the molecule is C=CCCOCCNCc1c(C)n[nH]c1C. The van der Waals surface area contributed by atoms with E-state index in [1.165, 1.54) is 5.56 Å². The first-order valence-corrected chi connectivity index (χ1v) is 5.65. The maximum atomic E-state index is 5.40. The fraction of sp³-hybridized carbons (Fsp3) is 0.583. The summed E-state index contributed by atoms with van der Waals surface area (Å²) in [5.74, 6) is 0. The first kappa shape index (κ1) is 12.9. The van der Waals surface area contributed by atoms with Crippen molar-refractivity contribution < 1.29 is 4.74 Å². The van der Waals surface area contributed by atoms with Crippen molar-refractivity contribution in [3.63, 3.8) is 0 Å². The molecule has 1 aromatic rings. The smallest absolute Gasteiger partial charge is 0.0638 e. The van der Waals surface area contributed by atoms with Crippen molar-refractivity contribution in [1.82, 2.24) is 15.5 Å². The number of nitrogens with zero attached hydrogens (tertiary/aromatic N) is 1. The fourth-order valence-electron chi connectivity index (χ4n) is 1.46. The highest BCUT2D eigenvalue weighted by Gasteiger charge is 2.04. The van der Waals surface area contributed by atoms with Crippen LogP contribution in [0.5, 0.6) is 0 Å². The van der Waals surface area contributed by atoms with Gasteiger partial charge < -0.3 is 10.1 Å². The average molecular weight is 223 g/mol. The summed E-state index contributed by atoms with van der Waals surface area (Å²) in [6.45, 7) is 10.9. The molecule has 0 radical (unpaired) electrons. The van der Waals surface area contributed by atoms with Gasteiger partial charge >= 0.3 is 0 Å². The van der Waals surface area contributed by atoms with Crippen molar-refractivity contribution in [2.45, 2.75) is 26.8 Å². The van der Waals surface area contributed by atoms with E-state index in [0.29, 0.717) is 0 Å². The van der Waals surface area contributed by atoms with Crippen LogP contribution in [-0.2, 0) is 11.3 Å². The molecule has 90 valence electrons. The first-order valence-electron chi connectivity index (χ1n) is 5.65. The number of aromatic amines is 1. The maximum Gasteiger partial charge on any atom is 0.0638 e. The van der Waals surface area contributed by atoms with Gasteiger partial charge in [0.2, 0.25) is 0 Å². The standard InChI is InChI=1S/C12H21N3O/c1-4-5-7-16-8-6-13-9-12-10(2)14-15-11(12)3/h4,13H,1,5-9H2,2-3H3,(H,14,15). The predicted molar refractivity (Wildman–Crippen MR) is 65.4 cm³/mol. The molecule has 4 heteroatoms. The van der Waals surface area contributed by atoms with Crippen molar-refractivity contribution in [3.05, 3.63) is 29.6 Å². The summed E-state index contributed by atoms with van der Waals surface area (Å²) in [6.07, 6.45) is 2.78. The summed E-state index contributed by atoms with van der Waals surface area (Å²) in [4.78, 5) is 0. The van der Waals surface area contributed by atoms with Crippen LogP contribution in [0.25, 0.3) is 0 Å². The van der Waals surface area contributed by atoms with Crippen molar-refractivity contribution in [2.24, 2.45) is 0 Å². The van der Waals surface area contributed by atoms with Gasteiger partial charge in [0.15, 0.2) is 0 Å². The van der Waals surface area contributed by atoms with E-state index in [1.807, 2.05) is 19.9 Å². The van der Waals surface area contributed by atoms with Gasteiger partial charge in [0.1, 0.15) is 0 Å². The summed E-state index contributed by atoms with van der Waals surface area (Å²) < 4.78 is 5.40. The van der Waals surface area contributed by atoms with Gasteiger partial charge in [-0.15, -0.1) is 6.58 Å². The van der Waals surface area contributed by atoms with Gasteiger partial charge in [-0.2, -0.15) is 5.10 Å². The number of rotatable bonds is 8. The topological polar surface area (TPSA) is 49.9 Å². The zero-order chi connectivity index (χ0) is 11.8. The van der Waals surface area contributed by atoms with E-state index in [2.05, 4.69) is 22.1 Å². The lowest BCUT2D eigenvalue weighted by molar-refractivity contribution is 0.140. The molecule has 0 aliphatic heterocycles. The Bertz CT molecular complexity index is 301. The van der Waals surface area contributed by atoms with E-state index < -0.39 is 0 Å². The van der Waals surface area contributed by atoms with E-state index >= 15 is 0 Å². The van der Waals surface area contributed by atoms with Gasteiger partial charge in [0.05, 0.1) is 18.9 Å². The largest absolute Gasteiger partial charge is 0.380 e. The molecule has 0 unspecified atom stereocenters. The summed E-state index contributed by atoms with van der Waals surface area (Å²) in [5, 5.41) is 10.5. The third kappa shape index (κ3) is 4.16. The molecule has 16 heavy (non-hydrogen) atoms. The summed E-state index contributed by atoms with van der Waals surface area (Å²) in [7, 11) is 0. The van der Waals surface area contributed by atoms with E-state index in [4.69, 9.17) is 4.74 Å². The monoisotopic (exact) mass is 223 g/mol. The minimum atomic E-state index is 0.740. The quantitative estimate of drug-likeness (QED) is 0.521. The number of aryl methyl sites for hydroxylation is 2. The molecule has 1 heterocycles. The molecule has 0 atom stereocenters. The van der Waals surface area contributed by atoms with E-state index in [1.54, 1.807) is 0 Å². The lowest BCUT2D eigenvalue weighted by atomic mass is 10.2. The third-order valence-corrected chi connectivity index (χ3v) is 2.47. The Morgan fingerprint density at radius 2 is 2.25 bits per heavy atom. The first-order chi connectivity index (χ1) is 7.75. The van der Waals surface area contributed by atoms with Crippen LogP contribution in [0, 0.1) is 13.8 Å². The van der Waals surface area contributed by atoms with Crippen LogP contribution in [-0.4, -0.2) is 30.0 Å². The van der Waals surface area contributed by atoms with Crippen LogP contribution in [0.3, 0.4) is 0 Å². The van der Waals surface area contributed by atoms with Gasteiger partial charge in [0, 0.05) is 24.3 Å². The molecule has 4 nitrogen and oxygen atoms in total. The Morgan fingerprint density at radius 3 is 2.88 bits per heavy atom. The molecule has 0 saturated carbocycles. The second-order valence-corrected chi connectivity index (χ2v) is 3.78. The van der Waals surface area contributed by atoms with Crippen molar-refractivity contribution in [1.29, 1.82) is 0 Å². The number of hydrogen-bond acceptors (Lipinski definition) is 3. The summed E-state index contributed by atoms with van der Waals surface area (Å²) in [5.41, 5.74) is 3.46. The Hall–Kier alpha value is -1.13. The molecule has 1 aromatic heterocycles. The number of nitrogens with one attached hydrogen (secondary N) is 2. The second-order valence-electron chi connectivity index (χ2n) is 3.78. The van der Waals surface area contributed by atoms with Crippen LogP contribution in [0.4, 0.5) is 0 Å². The van der Waals surface area contributed by atoms with Crippen LogP contribution >= 0.6 is 0 Å². The zero-order valence-corrected chi connectivity index (χ0v) is 10.2. The lowest BCUT2D eigenvalue weighted by Crippen LogP contribution is -2.20. The molecule has 0 amide bonds. The van der Waals surface area contributed by atoms with Gasteiger partial charge in [-0.25, -0.2) is 0 Å². The number of ether oxygens (including phenoxy) is 1. The molecule has 0 bridgehead atoms. The van der Waals surface area contributed by atoms with Gasteiger partial charge in [-0.3, -0.25) is 5.10 Å². The highest BCUT2D eigenvalue weighted by atomic mass is 16.5. The lowest BCUT2D eigenvalue weighted by Gasteiger charge is -2.05. The second kappa shape index (κ2) is 7.19. The molecule has 0 aliphatic rings. The molecule has 2 N–H and O–H groups in total. The molecule has 0 saturated heterocycles. The summed E-state index contributed by atoms with van der Waals surface area (Å²) >= 11 is 0. The Labute approximate surface area is 97.1 Å². The fourth-order valence-corrected chi connectivity index (χ4v) is 1.46. The minimum absolute atomic E-state index is 0.740. The average Bonchev–Trinajstić information content (AvgIpc) is 2.59. The van der Waals surface area contributed by atoms with E-state index in [0.717, 1.165) is 44.1 Å². The highest BCUT2D eigenvalue weighted by Crippen LogP contribution is 2.07. The van der Waals surface area contributed by atoms with E-state index in [-0.39, 0.29) is 0 Å². The van der Waals surface area contributed by atoms with E-state index in [9.17, 15) is 0 Å². The molecule has 1 rings (SSSR count). The van der Waals surface area contributed by atoms with Crippen molar-refractivity contribution in [3.8, 4) is 0 Å². The van der Waals surface area contributed by atoms with Crippen LogP contribution in [0.1, 0.15) is 23.4 Å². The summed E-state index contributed by atoms with van der Waals surface area (Å²) in [6, 6.07) is 0. The molecular weight excluding hydrogens is 202 g/mol. The molecule has 0 spiro atoms. The number of hydrogen-bond donors (Lipinski definition) is 2. The van der Waals surface area contributed by atoms with Gasteiger partial charge in [0.25, 0.3) is 0 Å². The van der Waals surface area contributed by atoms with Gasteiger partial charge in [-0.05, 0) is 20.3 Å². The van der Waals surface area contributed by atoms with Gasteiger partial charge in [-0.1, -0.05) is 6.08 Å².